The van der Waals surface area contributed by atoms with E-state index in [1.807, 2.05) is 19.1 Å². The van der Waals surface area contributed by atoms with Crippen LogP contribution in [0.2, 0.25) is 0 Å². The van der Waals surface area contributed by atoms with Crippen LogP contribution in [0, 0.1) is 0 Å². The summed E-state index contributed by atoms with van der Waals surface area (Å²) in [6.07, 6.45) is 0.750. The highest BCUT2D eigenvalue weighted by atomic mass is 19.3. The molecule has 21 heavy (non-hydrogen) atoms. The number of ether oxygens (including phenoxy) is 1. The van der Waals surface area contributed by atoms with E-state index in [1.165, 1.54) is 12.1 Å². The highest BCUT2D eigenvalue weighted by Gasteiger charge is 2.32. The zero-order valence-corrected chi connectivity index (χ0v) is 11.9. The lowest BCUT2D eigenvalue weighted by atomic mass is 10.1. The minimum atomic E-state index is -3.01. The second kappa shape index (κ2) is 6.68. The Balaban J connectivity index is 1.96. The molecule has 1 unspecified atom stereocenters. The summed E-state index contributed by atoms with van der Waals surface area (Å²) < 4.78 is 33.1. The topological polar surface area (TPSA) is 35.2 Å². The van der Waals surface area contributed by atoms with Gasteiger partial charge in [-0.15, -0.1) is 0 Å². The summed E-state index contributed by atoms with van der Waals surface area (Å²) in [6, 6.07) is 14.8. The number of halogens is 2. The third-order valence-corrected chi connectivity index (χ3v) is 3.10. The molecule has 2 nitrogen and oxygen atoms in total. The molecule has 0 spiro atoms. The van der Waals surface area contributed by atoms with E-state index in [2.05, 4.69) is 0 Å². The summed E-state index contributed by atoms with van der Waals surface area (Å²) in [5.41, 5.74) is 6.73. The van der Waals surface area contributed by atoms with Crippen LogP contribution in [-0.2, 0) is 12.3 Å². The molecule has 2 N–H and O–H groups in total. The fourth-order valence-corrected chi connectivity index (χ4v) is 2.03. The molecule has 0 aliphatic carbocycles. The lowest BCUT2D eigenvalue weighted by molar-refractivity contribution is -0.0467. The third-order valence-electron chi connectivity index (χ3n) is 3.10. The molecule has 0 aromatic heterocycles. The fourth-order valence-electron chi connectivity index (χ4n) is 2.03. The van der Waals surface area contributed by atoms with Gasteiger partial charge >= 0.3 is 5.92 Å². The first kappa shape index (κ1) is 15.4. The van der Waals surface area contributed by atoms with Crippen molar-refractivity contribution in [3.8, 4) is 5.75 Å². The van der Waals surface area contributed by atoms with Gasteiger partial charge in [0.2, 0.25) is 0 Å². The van der Waals surface area contributed by atoms with E-state index in [0.717, 1.165) is 12.0 Å². The zero-order chi connectivity index (χ0) is 15.3. The van der Waals surface area contributed by atoms with Crippen molar-refractivity contribution in [3.63, 3.8) is 0 Å². The van der Waals surface area contributed by atoms with Crippen LogP contribution in [0.15, 0.2) is 54.6 Å². The molecule has 0 aliphatic heterocycles. The quantitative estimate of drug-likeness (QED) is 0.879. The van der Waals surface area contributed by atoms with E-state index in [-0.39, 0.29) is 11.6 Å². The number of hydrogen-bond donors (Lipinski definition) is 1. The number of benzene rings is 2. The normalized spacial score (nSPS) is 13.0. The molecule has 0 bridgehead atoms. The van der Waals surface area contributed by atoms with Crippen molar-refractivity contribution in [2.24, 2.45) is 5.73 Å². The minimum absolute atomic E-state index is 0.0430. The van der Waals surface area contributed by atoms with E-state index in [9.17, 15) is 8.78 Å². The van der Waals surface area contributed by atoms with Crippen LogP contribution in [-0.4, -0.2) is 12.6 Å². The average molecular weight is 291 g/mol. The predicted octanol–water partition coefficient (Wildman–Crippen LogP) is 3.75. The molecular formula is C17H19F2NO. The van der Waals surface area contributed by atoms with E-state index in [4.69, 9.17) is 10.5 Å². The van der Waals surface area contributed by atoms with Crippen LogP contribution in [0.25, 0.3) is 0 Å². The zero-order valence-electron chi connectivity index (χ0n) is 11.9. The van der Waals surface area contributed by atoms with Crippen LogP contribution < -0.4 is 10.5 Å². The number of nitrogens with two attached hydrogens (primary N) is 1. The molecule has 1 atom stereocenters. The van der Waals surface area contributed by atoms with Crippen molar-refractivity contribution in [2.45, 2.75) is 25.3 Å². The molecule has 2 aromatic rings. The summed E-state index contributed by atoms with van der Waals surface area (Å²) in [5, 5.41) is 0. The summed E-state index contributed by atoms with van der Waals surface area (Å²) in [6.45, 7) is 1.24. The van der Waals surface area contributed by atoms with Crippen molar-refractivity contribution in [1.82, 2.24) is 0 Å². The van der Waals surface area contributed by atoms with Crippen LogP contribution in [0.3, 0.4) is 0 Å². The first-order valence-corrected chi connectivity index (χ1v) is 6.88. The Labute approximate surface area is 123 Å². The van der Waals surface area contributed by atoms with E-state index in [0.29, 0.717) is 5.75 Å². The van der Waals surface area contributed by atoms with Crippen LogP contribution in [0.1, 0.15) is 18.1 Å². The Kier molecular flexibility index (Phi) is 4.91. The molecule has 0 saturated carbocycles. The van der Waals surface area contributed by atoms with E-state index >= 15 is 0 Å². The van der Waals surface area contributed by atoms with Crippen LogP contribution >= 0.6 is 0 Å². The van der Waals surface area contributed by atoms with Crippen LogP contribution in [0.4, 0.5) is 8.78 Å². The van der Waals surface area contributed by atoms with Gasteiger partial charge in [-0.2, -0.15) is 8.78 Å². The van der Waals surface area contributed by atoms with Gasteiger partial charge in [-0.25, -0.2) is 0 Å². The molecule has 2 aromatic carbocycles. The highest BCUT2D eigenvalue weighted by Crippen LogP contribution is 2.28. The predicted molar refractivity (Wildman–Crippen MR) is 79.6 cm³/mol. The molecule has 0 aliphatic rings. The molecule has 112 valence electrons. The molecule has 0 amide bonds. The molecule has 0 saturated heterocycles. The van der Waals surface area contributed by atoms with Gasteiger partial charge < -0.3 is 10.5 Å². The second-order valence-electron chi connectivity index (χ2n) is 5.18. The molecule has 0 heterocycles. The van der Waals surface area contributed by atoms with Gasteiger partial charge in [-0.05, 0) is 31.0 Å². The van der Waals surface area contributed by atoms with Gasteiger partial charge in [0.05, 0.1) is 0 Å². The Bertz CT molecular complexity index is 553. The Morgan fingerprint density at radius 2 is 1.67 bits per heavy atom. The third kappa shape index (κ3) is 4.53. The monoisotopic (exact) mass is 291 g/mol. The Morgan fingerprint density at radius 1 is 1.05 bits per heavy atom. The van der Waals surface area contributed by atoms with Gasteiger partial charge in [0.15, 0.2) is 6.61 Å². The maximum atomic E-state index is 14.0. The highest BCUT2D eigenvalue weighted by molar-refractivity contribution is 5.28. The van der Waals surface area contributed by atoms with Gasteiger partial charge in [0.1, 0.15) is 5.75 Å². The first-order chi connectivity index (χ1) is 9.97. The number of rotatable bonds is 6. The summed E-state index contributed by atoms with van der Waals surface area (Å²) in [7, 11) is 0. The molecule has 0 fully saturated rings. The number of alkyl halides is 2. The maximum Gasteiger partial charge on any atom is 0.306 e. The van der Waals surface area contributed by atoms with Crippen molar-refractivity contribution < 1.29 is 13.5 Å². The Morgan fingerprint density at radius 3 is 2.24 bits per heavy atom. The Hall–Kier alpha value is -1.94. The van der Waals surface area contributed by atoms with Crippen molar-refractivity contribution >= 4 is 0 Å². The number of hydrogen-bond acceptors (Lipinski definition) is 2. The average Bonchev–Trinajstić information content (AvgIpc) is 2.47. The lowest BCUT2D eigenvalue weighted by Gasteiger charge is -2.17. The van der Waals surface area contributed by atoms with Gasteiger partial charge in [0, 0.05) is 11.6 Å². The maximum absolute atomic E-state index is 14.0. The minimum Gasteiger partial charge on any atom is -0.487 e. The summed E-state index contributed by atoms with van der Waals surface area (Å²) in [4.78, 5) is 0. The van der Waals surface area contributed by atoms with Crippen LogP contribution in [0.5, 0.6) is 5.75 Å². The van der Waals surface area contributed by atoms with E-state index < -0.39 is 12.5 Å². The molecular weight excluding hydrogens is 272 g/mol. The van der Waals surface area contributed by atoms with E-state index in [1.54, 1.807) is 30.3 Å². The van der Waals surface area contributed by atoms with Crippen molar-refractivity contribution in [2.75, 3.05) is 6.61 Å². The smallest absolute Gasteiger partial charge is 0.306 e. The van der Waals surface area contributed by atoms with Crippen molar-refractivity contribution in [3.05, 3.63) is 65.7 Å². The SMILES string of the molecule is CC(N)Cc1ccc(OCC(F)(F)c2ccccc2)cc1. The summed E-state index contributed by atoms with van der Waals surface area (Å²) in [5.74, 6) is -2.58. The van der Waals surface area contributed by atoms with Gasteiger partial charge in [-0.3, -0.25) is 0 Å². The lowest BCUT2D eigenvalue weighted by Crippen LogP contribution is -2.23. The largest absolute Gasteiger partial charge is 0.487 e. The first-order valence-electron chi connectivity index (χ1n) is 6.88. The molecule has 2 rings (SSSR count). The van der Waals surface area contributed by atoms with Crippen molar-refractivity contribution in [1.29, 1.82) is 0 Å². The van der Waals surface area contributed by atoms with Gasteiger partial charge in [0.25, 0.3) is 0 Å². The molecule has 4 heteroatoms. The van der Waals surface area contributed by atoms with Gasteiger partial charge in [-0.1, -0.05) is 42.5 Å². The molecule has 0 radical (unpaired) electrons. The standard InChI is InChI=1S/C17H19F2NO/c1-13(20)11-14-7-9-16(10-8-14)21-12-17(18,19)15-5-3-2-4-6-15/h2-10,13H,11-12,20H2,1H3. The summed E-state index contributed by atoms with van der Waals surface area (Å²) >= 11 is 0. The second-order valence-corrected chi connectivity index (χ2v) is 5.18. The fraction of sp³-hybridized carbons (Fsp3) is 0.294.